The first-order valence-corrected chi connectivity index (χ1v) is 12.1. The van der Waals surface area contributed by atoms with Gasteiger partial charge in [0.25, 0.3) is 0 Å². The predicted octanol–water partition coefficient (Wildman–Crippen LogP) is 4.28. The maximum atomic E-state index is 12.6. The zero-order valence-corrected chi connectivity index (χ0v) is 21.3. The second-order valence-electron chi connectivity index (χ2n) is 8.80. The number of nitrogens with zero attached hydrogens (tertiary/aromatic N) is 3. The molecular formula is C26H33ClN4O4. The summed E-state index contributed by atoms with van der Waals surface area (Å²) in [5.41, 5.74) is 2.26. The highest BCUT2D eigenvalue weighted by Crippen LogP contribution is 2.22. The fourth-order valence-corrected chi connectivity index (χ4v) is 3.93. The van der Waals surface area contributed by atoms with Crippen molar-refractivity contribution in [3.8, 4) is 17.0 Å². The van der Waals surface area contributed by atoms with Gasteiger partial charge in [0.2, 0.25) is 11.8 Å². The number of amides is 1. The van der Waals surface area contributed by atoms with Crippen LogP contribution < -0.4 is 10.1 Å². The van der Waals surface area contributed by atoms with Crippen LogP contribution in [-0.4, -0.2) is 57.7 Å². The summed E-state index contributed by atoms with van der Waals surface area (Å²) in [5.74, 6) is 1.12. The second-order valence-corrected chi connectivity index (χ2v) is 9.19. The Labute approximate surface area is 211 Å². The van der Waals surface area contributed by atoms with Crippen LogP contribution in [0.4, 0.5) is 0 Å². The van der Waals surface area contributed by atoms with Gasteiger partial charge in [0.05, 0.1) is 6.10 Å². The van der Waals surface area contributed by atoms with Gasteiger partial charge in [0.1, 0.15) is 35.9 Å². The van der Waals surface area contributed by atoms with Gasteiger partial charge in [-0.1, -0.05) is 17.7 Å². The van der Waals surface area contributed by atoms with Gasteiger partial charge in [-0.15, -0.1) is 0 Å². The molecule has 3 aromatic rings. The molecule has 9 heteroatoms. The monoisotopic (exact) mass is 500 g/mol. The summed E-state index contributed by atoms with van der Waals surface area (Å²) in [7, 11) is 0. The third-order valence-electron chi connectivity index (χ3n) is 5.43. The molecule has 8 nitrogen and oxygen atoms in total. The summed E-state index contributed by atoms with van der Waals surface area (Å²) < 4.78 is 11.3. The number of carbonyl (C=O) groups excluding carboxylic acids is 1. The minimum absolute atomic E-state index is 0.00175. The molecule has 0 saturated heterocycles. The lowest BCUT2D eigenvalue weighted by Crippen LogP contribution is -2.42. The molecule has 0 unspecified atom stereocenters. The molecule has 0 fully saturated rings. The van der Waals surface area contributed by atoms with Crippen LogP contribution in [0.1, 0.15) is 45.3 Å². The maximum Gasteiger partial charge on any atom is 0.232 e. The molecule has 0 aliphatic rings. The summed E-state index contributed by atoms with van der Waals surface area (Å²) in [4.78, 5) is 22.9. The van der Waals surface area contributed by atoms with Gasteiger partial charge in [-0.2, -0.15) is 0 Å². The van der Waals surface area contributed by atoms with Crippen molar-refractivity contribution in [2.24, 2.45) is 0 Å². The lowest BCUT2D eigenvalue weighted by atomic mass is 10.1. The average Bonchev–Trinajstić information content (AvgIpc) is 3.27. The van der Waals surface area contributed by atoms with Crippen molar-refractivity contribution < 1.29 is 19.1 Å². The molecule has 0 radical (unpaired) electrons. The third-order valence-corrected chi connectivity index (χ3v) is 5.65. The minimum Gasteiger partial charge on any atom is -0.492 e. The van der Waals surface area contributed by atoms with E-state index in [4.69, 9.17) is 20.8 Å². The van der Waals surface area contributed by atoms with Crippen molar-refractivity contribution in [3.63, 3.8) is 0 Å². The van der Waals surface area contributed by atoms with E-state index in [0.29, 0.717) is 42.0 Å². The molecule has 2 aromatic heterocycles. The number of pyridine rings is 1. The normalized spacial score (nSPS) is 12.2. The highest BCUT2D eigenvalue weighted by atomic mass is 35.5. The lowest BCUT2D eigenvalue weighted by Gasteiger charge is -2.30. The molecule has 1 amide bonds. The number of halogens is 1. The van der Waals surface area contributed by atoms with Gasteiger partial charge in [0, 0.05) is 42.5 Å². The highest BCUT2D eigenvalue weighted by molar-refractivity contribution is 6.29. The summed E-state index contributed by atoms with van der Waals surface area (Å²) in [6.07, 6.45) is 2.60. The lowest BCUT2D eigenvalue weighted by molar-refractivity contribution is -0.134. The van der Waals surface area contributed by atoms with E-state index in [1.807, 2.05) is 56.9 Å². The standard InChI is InChI=1S/C26H33ClN4O4/c1-17(2)31(18(3)4)26(33)13-25-30-22(16-35-25)19-5-8-21(9-6-19)34-12-11-28-15-23(32)20-7-10-24(27)29-14-20/h5-10,14,16-18,23,28,32H,11-13,15H2,1-4H3/t23-/m0/s1. The van der Waals surface area contributed by atoms with E-state index >= 15 is 0 Å². The van der Waals surface area contributed by atoms with Crippen LogP contribution in [-0.2, 0) is 11.2 Å². The predicted molar refractivity (Wildman–Crippen MR) is 135 cm³/mol. The van der Waals surface area contributed by atoms with Crippen LogP contribution in [0.15, 0.2) is 53.3 Å². The molecular weight excluding hydrogens is 468 g/mol. The fraction of sp³-hybridized carbons (Fsp3) is 0.423. The molecule has 1 aromatic carbocycles. The van der Waals surface area contributed by atoms with Gasteiger partial charge in [-0.3, -0.25) is 4.79 Å². The Morgan fingerprint density at radius 1 is 1.14 bits per heavy atom. The van der Waals surface area contributed by atoms with Crippen LogP contribution in [0, 0.1) is 0 Å². The molecule has 1 atom stereocenters. The number of aliphatic hydroxyl groups is 1. The van der Waals surface area contributed by atoms with Gasteiger partial charge >= 0.3 is 0 Å². The van der Waals surface area contributed by atoms with Crippen molar-refractivity contribution in [1.29, 1.82) is 0 Å². The summed E-state index contributed by atoms with van der Waals surface area (Å²) in [5, 5.41) is 13.7. The van der Waals surface area contributed by atoms with Crippen LogP contribution in [0.25, 0.3) is 11.3 Å². The summed E-state index contributed by atoms with van der Waals surface area (Å²) in [6, 6.07) is 11.2. The van der Waals surface area contributed by atoms with E-state index in [1.54, 1.807) is 24.6 Å². The molecule has 35 heavy (non-hydrogen) atoms. The summed E-state index contributed by atoms with van der Waals surface area (Å²) in [6.45, 7) is 9.41. The first-order chi connectivity index (χ1) is 16.7. The number of carbonyl (C=O) groups is 1. The number of aromatic nitrogens is 2. The minimum atomic E-state index is -0.666. The SMILES string of the molecule is CC(C)N(C(=O)Cc1nc(-c2ccc(OCCNC[C@H](O)c3ccc(Cl)nc3)cc2)co1)C(C)C. The van der Waals surface area contributed by atoms with Gasteiger partial charge < -0.3 is 24.5 Å². The number of hydrogen-bond acceptors (Lipinski definition) is 7. The number of oxazole rings is 1. The van der Waals surface area contributed by atoms with E-state index in [0.717, 1.165) is 11.3 Å². The Balaban J connectivity index is 1.44. The largest absolute Gasteiger partial charge is 0.492 e. The summed E-state index contributed by atoms with van der Waals surface area (Å²) >= 11 is 5.77. The second kappa shape index (κ2) is 12.7. The molecule has 2 N–H and O–H groups in total. The van der Waals surface area contributed by atoms with E-state index in [1.165, 1.54) is 0 Å². The van der Waals surface area contributed by atoms with Crippen molar-refractivity contribution >= 4 is 17.5 Å². The number of nitrogens with one attached hydrogen (secondary N) is 1. The molecule has 0 spiro atoms. The average molecular weight is 501 g/mol. The molecule has 3 rings (SSSR count). The van der Waals surface area contributed by atoms with Crippen molar-refractivity contribution in [1.82, 2.24) is 20.2 Å². The van der Waals surface area contributed by atoms with Crippen molar-refractivity contribution in [2.75, 3.05) is 19.7 Å². The highest BCUT2D eigenvalue weighted by Gasteiger charge is 2.22. The van der Waals surface area contributed by atoms with Crippen LogP contribution >= 0.6 is 11.6 Å². The topological polar surface area (TPSA) is 101 Å². The van der Waals surface area contributed by atoms with Crippen molar-refractivity contribution in [2.45, 2.75) is 52.3 Å². The molecule has 0 aliphatic carbocycles. The fourth-order valence-electron chi connectivity index (χ4n) is 3.82. The van der Waals surface area contributed by atoms with E-state index < -0.39 is 6.10 Å². The molecule has 0 aliphatic heterocycles. The first kappa shape index (κ1) is 26.7. The van der Waals surface area contributed by atoms with E-state index in [-0.39, 0.29) is 24.4 Å². The molecule has 2 heterocycles. The van der Waals surface area contributed by atoms with Gasteiger partial charge in [0.15, 0.2) is 0 Å². The van der Waals surface area contributed by atoms with Gasteiger partial charge in [-0.25, -0.2) is 9.97 Å². The van der Waals surface area contributed by atoms with Gasteiger partial charge in [-0.05, 0) is 58.0 Å². The Hall–Kier alpha value is -2.94. The van der Waals surface area contributed by atoms with Crippen LogP contribution in [0.2, 0.25) is 5.15 Å². The molecule has 188 valence electrons. The third kappa shape index (κ3) is 7.78. The Kier molecular flexibility index (Phi) is 9.65. The maximum absolute atomic E-state index is 12.6. The first-order valence-electron chi connectivity index (χ1n) is 11.7. The quantitative estimate of drug-likeness (QED) is 0.283. The number of aliphatic hydroxyl groups excluding tert-OH is 1. The Bertz CT molecular complexity index is 1060. The number of benzene rings is 1. The Morgan fingerprint density at radius 3 is 2.49 bits per heavy atom. The molecule has 0 saturated carbocycles. The number of ether oxygens (including phenoxy) is 1. The number of hydrogen-bond donors (Lipinski definition) is 2. The van der Waals surface area contributed by atoms with E-state index in [9.17, 15) is 9.90 Å². The van der Waals surface area contributed by atoms with Crippen LogP contribution in [0.5, 0.6) is 5.75 Å². The zero-order chi connectivity index (χ0) is 25.4. The molecule has 0 bridgehead atoms. The van der Waals surface area contributed by atoms with E-state index in [2.05, 4.69) is 15.3 Å². The smallest absolute Gasteiger partial charge is 0.232 e. The number of rotatable bonds is 12. The van der Waals surface area contributed by atoms with Crippen molar-refractivity contribution in [3.05, 3.63) is 65.5 Å². The zero-order valence-electron chi connectivity index (χ0n) is 20.6. The van der Waals surface area contributed by atoms with Crippen LogP contribution in [0.3, 0.4) is 0 Å². The Morgan fingerprint density at radius 2 is 1.86 bits per heavy atom.